The van der Waals surface area contributed by atoms with Crippen LogP contribution in [0.25, 0.3) is 0 Å². The van der Waals surface area contributed by atoms with Crippen molar-refractivity contribution in [3.8, 4) is 5.92 Å². The maximum absolute atomic E-state index is 6.49. The van der Waals surface area contributed by atoms with E-state index < -0.39 is 0 Å². The minimum absolute atomic E-state index is 0.618. The summed E-state index contributed by atoms with van der Waals surface area (Å²) < 4.78 is 0. The van der Waals surface area contributed by atoms with Crippen LogP contribution >= 0.6 is 0 Å². The molecule has 0 heterocycles. The molecule has 2 nitrogen and oxygen atoms in total. The van der Waals surface area contributed by atoms with Crippen molar-refractivity contribution in [2.24, 2.45) is 5.16 Å². The summed E-state index contributed by atoms with van der Waals surface area (Å²) in [7, 11) is 1.49. The molecule has 0 aliphatic rings. The number of oxime groups is 1. The number of rotatable bonds is 3. The average molecular weight is 110 g/mol. The molecule has 1 radical (unpaired) electrons. The highest BCUT2D eigenvalue weighted by Crippen LogP contribution is 1.80. The fourth-order valence-electron chi connectivity index (χ4n) is 0.264. The van der Waals surface area contributed by atoms with Gasteiger partial charge in [0.2, 0.25) is 0 Å². The smallest absolute Gasteiger partial charge is 0.106 e. The maximum Gasteiger partial charge on any atom is 0.106 e. The number of hydrogen-bond donors (Lipinski definition) is 0. The highest BCUT2D eigenvalue weighted by molar-refractivity contribution is 5.56. The van der Waals surface area contributed by atoms with Crippen molar-refractivity contribution < 1.29 is 4.84 Å². The summed E-state index contributed by atoms with van der Waals surface area (Å²) in [5, 5.41) is 3.46. The van der Waals surface area contributed by atoms with Gasteiger partial charge in [0.05, 0.1) is 0 Å². The van der Waals surface area contributed by atoms with E-state index in [1.807, 2.05) is 0 Å². The van der Waals surface area contributed by atoms with E-state index in [4.69, 9.17) is 6.42 Å². The Morgan fingerprint density at radius 1 is 1.88 bits per heavy atom. The highest BCUT2D eigenvalue weighted by atomic mass is 16.6. The van der Waals surface area contributed by atoms with E-state index in [1.54, 1.807) is 6.21 Å². The van der Waals surface area contributed by atoms with E-state index in [1.165, 1.54) is 7.11 Å². The molecule has 0 rings (SSSR count). The van der Waals surface area contributed by atoms with Crippen LogP contribution in [0.15, 0.2) is 5.16 Å². The molecule has 0 atom stereocenters. The average Bonchev–Trinajstić information content (AvgIpc) is 1.81. The summed E-state index contributed by atoms with van der Waals surface area (Å²) in [5.41, 5.74) is 0. The minimum Gasteiger partial charge on any atom is -0.399 e. The van der Waals surface area contributed by atoms with Crippen LogP contribution in [-0.4, -0.2) is 13.3 Å². The van der Waals surface area contributed by atoms with Crippen LogP contribution in [0.2, 0.25) is 0 Å². The molecule has 0 unspecified atom stereocenters. The van der Waals surface area contributed by atoms with Gasteiger partial charge in [-0.25, -0.2) is 0 Å². The summed E-state index contributed by atoms with van der Waals surface area (Å²) >= 11 is 0. The van der Waals surface area contributed by atoms with Gasteiger partial charge < -0.3 is 4.84 Å². The Hall–Kier alpha value is -0.970. The SMILES string of the molecule is [C]#CCC/C=N/OC. The monoisotopic (exact) mass is 110 g/mol. The van der Waals surface area contributed by atoms with E-state index in [2.05, 4.69) is 15.9 Å². The van der Waals surface area contributed by atoms with E-state index >= 15 is 0 Å². The summed E-state index contributed by atoms with van der Waals surface area (Å²) in [6, 6.07) is 0. The van der Waals surface area contributed by atoms with Crippen LogP contribution in [0.3, 0.4) is 0 Å². The molecule has 0 aromatic heterocycles. The lowest BCUT2D eigenvalue weighted by Gasteiger charge is -1.82. The molecule has 8 heavy (non-hydrogen) atoms. The third kappa shape index (κ3) is 5.03. The quantitative estimate of drug-likeness (QED) is 0.230. The van der Waals surface area contributed by atoms with Crippen LogP contribution in [0, 0.1) is 12.3 Å². The second-order valence-corrected chi connectivity index (χ2v) is 1.19. The lowest BCUT2D eigenvalue weighted by molar-refractivity contribution is 0.214. The van der Waals surface area contributed by atoms with Gasteiger partial charge in [-0.15, -0.1) is 0 Å². The topological polar surface area (TPSA) is 21.6 Å². The summed E-state index contributed by atoms with van der Waals surface area (Å²) in [6.07, 6.45) is 9.45. The Bertz CT molecular complexity index is 102. The molecule has 0 aromatic carbocycles. The van der Waals surface area contributed by atoms with Gasteiger partial charge in [0, 0.05) is 12.6 Å². The van der Waals surface area contributed by atoms with Gasteiger partial charge >= 0.3 is 0 Å². The Labute approximate surface area is 49.5 Å². The Balaban J connectivity index is 2.94. The van der Waals surface area contributed by atoms with Crippen molar-refractivity contribution in [3.63, 3.8) is 0 Å². The molecule has 0 aromatic rings. The van der Waals surface area contributed by atoms with Crippen LogP contribution in [0.1, 0.15) is 12.8 Å². The number of nitrogens with zero attached hydrogens (tertiary/aromatic N) is 1. The molecule has 0 fully saturated rings. The van der Waals surface area contributed by atoms with Crippen molar-refractivity contribution in [3.05, 3.63) is 6.42 Å². The third-order valence-electron chi connectivity index (χ3n) is 0.578. The fourth-order valence-corrected chi connectivity index (χ4v) is 0.264. The van der Waals surface area contributed by atoms with Crippen molar-refractivity contribution in [2.75, 3.05) is 7.11 Å². The van der Waals surface area contributed by atoms with Gasteiger partial charge in [-0.3, -0.25) is 0 Å². The summed E-state index contributed by atoms with van der Waals surface area (Å²) in [6.45, 7) is 0. The van der Waals surface area contributed by atoms with Crippen molar-refractivity contribution in [1.29, 1.82) is 0 Å². The van der Waals surface area contributed by atoms with Crippen LogP contribution in [0.4, 0.5) is 0 Å². The van der Waals surface area contributed by atoms with E-state index in [0.29, 0.717) is 6.42 Å². The van der Waals surface area contributed by atoms with Crippen molar-refractivity contribution >= 4 is 6.21 Å². The van der Waals surface area contributed by atoms with Gasteiger partial charge in [-0.05, 0) is 12.8 Å². The maximum atomic E-state index is 6.49. The van der Waals surface area contributed by atoms with Gasteiger partial charge in [0.1, 0.15) is 7.11 Å². The molecule has 0 spiro atoms. The molecular formula is C6H8NO. The molecule has 0 saturated heterocycles. The first-order valence-corrected chi connectivity index (χ1v) is 2.36. The molecule has 0 amide bonds. The summed E-state index contributed by atoms with van der Waals surface area (Å²) in [4.78, 5) is 4.37. The predicted molar refractivity (Wildman–Crippen MR) is 31.9 cm³/mol. The van der Waals surface area contributed by atoms with Gasteiger partial charge in [-0.2, -0.15) is 0 Å². The lowest BCUT2D eigenvalue weighted by Crippen LogP contribution is -1.74. The van der Waals surface area contributed by atoms with Crippen LogP contribution < -0.4 is 0 Å². The zero-order valence-electron chi connectivity index (χ0n) is 4.85. The molecule has 0 aliphatic carbocycles. The normalized spacial score (nSPS) is 9.00. The zero-order valence-corrected chi connectivity index (χ0v) is 4.85. The first-order chi connectivity index (χ1) is 3.91. The standard InChI is InChI=1S/C6H8NO/c1-3-4-5-6-7-8-2/h6H,4-5H2,2H3/b7-6+. The Kier molecular flexibility index (Phi) is 5.30. The van der Waals surface area contributed by atoms with Crippen LogP contribution in [0.5, 0.6) is 0 Å². The molecule has 0 saturated carbocycles. The second kappa shape index (κ2) is 6.03. The molecule has 0 bridgehead atoms. The highest BCUT2D eigenvalue weighted by Gasteiger charge is 1.72. The van der Waals surface area contributed by atoms with Gasteiger partial charge in [0.15, 0.2) is 0 Å². The van der Waals surface area contributed by atoms with E-state index in [9.17, 15) is 0 Å². The number of hydrogen-bond acceptors (Lipinski definition) is 2. The Morgan fingerprint density at radius 2 is 2.62 bits per heavy atom. The van der Waals surface area contributed by atoms with E-state index in [0.717, 1.165) is 6.42 Å². The number of unbranched alkanes of at least 4 members (excludes halogenated alkanes) is 1. The largest absolute Gasteiger partial charge is 0.399 e. The van der Waals surface area contributed by atoms with E-state index in [-0.39, 0.29) is 0 Å². The van der Waals surface area contributed by atoms with Crippen molar-refractivity contribution in [1.82, 2.24) is 0 Å². The third-order valence-corrected chi connectivity index (χ3v) is 0.578. The molecule has 2 heteroatoms. The molecular weight excluding hydrogens is 102 g/mol. The predicted octanol–water partition coefficient (Wildman–Crippen LogP) is 0.989. The fraction of sp³-hybridized carbons (Fsp3) is 0.500. The molecule has 43 valence electrons. The molecule has 0 N–H and O–H groups in total. The second-order valence-electron chi connectivity index (χ2n) is 1.19. The lowest BCUT2D eigenvalue weighted by atomic mass is 10.3. The zero-order chi connectivity index (χ0) is 6.24. The van der Waals surface area contributed by atoms with Crippen LogP contribution in [-0.2, 0) is 4.84 Å². The Morgan fingerprint density at radius 3 is 3.12 bits per heavy atom. The summed E-state index contributed by atoms with van der Waals surface area (Å²) in [5.74, 6) is 2.23. The molecule has 0 aliphatic heterocycles. The van der Waals surface area contributed by atoms with Crippen molar-refractivity contribution in [2.45, 2.75) is 12.8 Å². The first-order valence-electron chi connectivity index (χ1n) is 2.36. The van der Waals surface area contributed by atoms with Gasteiger partial charge in [0.25, 0.3) is 0 Å². The van der Waals surface area contributed by atoms with Gasteiger partial charge in [-0.1, -0.05) is 11.1 Å². The minimum atomic E-state index is 0.618. The first kappa shape index (κ1) is 7.03.